The van der Waals surface area contributed by atoms with Crippen molar-refractivity contribution < 1.29 is 24.2 Å². The molecule has 1 amide bonds. The summed E-state index contributed by atoms with van der Waals surface area (Å²) in [5, 5.41) is 11.6. The molecule has 0 bridgehead atoms. The van der Waals surface area contributed by atoms with Crippen LogP contribution in [0.3, 0.4) is 0 Å². The minimum absolute atomic E-state index is 0.00865. The van der Waals surface area contributed by atoms with Gasteiger partial charge in [0.1, 0.15) is 29.6 Å². The largest absolute Gasteiger partial charge is 0.507 e. The summed E-state index contributed by atoms with van der Waals surface area (Å²) in [5.74, 6) is 0.101. The second-order valence-electron chi connectivity index (χ2n) is 10.6. The second-order valence-corrected chi connectivity index (χ2v) is 10.6. The molecule has 1 saturated heterocycles. The molecule has 0 spiro atoms. The third-order valence-corrected chi connectivity index (χ3v) is 7.41. The van der Waals surface area contributed by atoms with Crippen LogP contribution in [0, 0.1) is 6.92 Å². The van der Waals surface area contributed by atoms with Gasteiger partial charge in [-0.3, -0.25) is 14.6 Å². The normalized spacial score (nSPS) is 15.8. The predicted molar refractivity (Wildman–Crippen MR) is 167 cm³/mol. The summed E-state index contributed by atoms with van der Waals surface area (Å²) in [6, 6.07) is 34.2. The molecule has 1 aromatic heterocycles. The number of benzene rings is 4. The number of aromatic nitrogens is 1. The number of pyridine rings is 1. The lowest BCUT2D eigenvalue weighted by Gasteiger charge is -2.25. The molecule has 0 aliphatic carbocycles. The molecule has 44 heavy (non-hydrogen) atoms. The third kappa shape index (κ3) is 6.22. The molecule has 7 heteroatoms. The zero-order chi connectivity index (χ0) is 30.5. The van der Waals surface area contributed by atoms with Crippen molar-refractivity contribution in [1.29, 1.82) is 0 Å². The number of Topliss-reactive ketones (excluding diaryl/α,β-unsaturated/α-hetero) is 1. The van der Waals surface area contributed by atoms with E-state index >= 15 is 0 Å². The highest BCUT2D eigenvalue weighted by Crippen LogP contribution is 2.41. The molecule has 6 rings (SSSR count). The van der Waals surface area contributed by atoms with Gasteiger partial charge in [0, 0.05) is 24.5 Å². The Bertz CT molecular complexity index is 1820. The smallest absolute Gasteiger partial charge is 0.295 e. The van der Waals surface area contributed by atoms with E-state index in [1.165, 1.54) is 4.90 Å². The SMILES string of the molecule is Cc1cccc(COc2ccc(C(O)=C3C(=O)C(=O)N(Cc4ccncc4)C3c3cccc(Oc4ccccc4)c3)cc2)c1. The van der Waals surface area contributed by atoms with Crippen LogP contribution in [0.5, 0.6) is 17.2 Å². The standard InChI is InChI=1S/C37H30N2O5/c1-25-7-5-8-27(21-25)24-43-30-15-13-28(14-16-30)35(40)33-34(39(37(42)36(33)41)23-26-17-19-38-20-18-26)29-9-6-12-32(22-29)44-31-10-3-2-4-11-31/h2-22,34,40H,23-24H2,1H3. The van der Waals surface area contributed by atoms with Crippen LogP contribution < -0.4 is 9.47 Å². The quantitative estimate of drug-likeness (QED) is 0.111. The van der Waals surface area contributed by atoms with Gasteiger partial charge in [-0.15, -0.1) is 0 Å². The molecule has 1 aliphatic heterocycles. The first-order chi connectivity index (χ1) is 21.5. The first kappa shape index (κ1) is 28.4. The number of aliphatic hydroxyl groups excluding tert-OH is 1. The Balaban J connectivity index is 1.34. The monoisotopic (exact) mass is 582 g/mol. The van der Waals surface area contributed by atoms with E-state index in [0.29, 0.717) is 35.0 Å². The number of hydrogen-bond donors (Lipinski definition) is 1. The number of carbonyl (C=O) groups is 2. The van der Waals surface area contributed by atoms with Crippen molar-refractivity contribution >= 4 is 17.4 Å². The zero-order valence-corrected chi connectivity index (χ0v) is 24.1. The highest BCUT2D eigenvalue weighted by Gasteiger charge is 2.46. The number of rotatable bonds is 9. The number of para-hydroxylation sites is 1. The van der Waals surface area contributed by atoms with Crippen LogP contribution in [0.15, 0.2) is 133 Å². The molecule has 1 unspecified atom stereocenters. The maximum Gasteiger partial charge on any atom is 0.295 e. The Kier molecular flexibility index (Phi) is 8.19. The Labute approximate surface area is 255 Å². The number of likely N-dealkylation sites (tertiary alicyclic amines) is 1. The van der Waals surface area contributed by atoms with Gasteiger partial charge < -0.3 is 19.5 Å². The average molecular weight is 583 g/mol. The summed E-state index contributed by atoms with van der Waals surface area (Å²) in [4.78, 5) is 32.6. The molecular formula is C37H30N2O5. The minimum Gasteiger partial charge on any atom is -0.507 e. The van der Waals surface area contributed by atoms with E-state index in [9.17, 15) is 14.7 Å². The van der Waals surface area contributed by atoms with Crippen LogP contribution in [0.4, 0.5) is 0 Å². The van der Waals surface area contributed by atoms with Crippen molar-refractivity contribution in [3.05, 3.63) is 161 Å². The van der Waals surface area contributed by atoms with Gasteiger partial charge in [-0.25, -0.2) is 0 Å². The summed E-state index contributed by atoms with van der Waals surface area (Å²) in [6.45, 7) is 2.58. The Morgan fingerprint density at radius 2 is 1.50 bits per heavy atom. The topological polar surface area (TPSA) is 89.0 Å². The maximum atomic E-state index is 13.6. The Morgan fingerprint density at radius 1 is 0.773 bits per heavy atom. The molecule has 218 valence electrons. The number of nitrogens with zero attached hydrogens (tertiary/aromatic N) is 2. The molecule has 0 saturated carbocycles. The lowest BCUT2D eigenvalue weighted by molar-refractivity contribution is -0.140. The van der Waals surface area contributed by atoms with Crippen LogP contribution in [0.25, 0.3) is 5.76 Å². The lowest BCUT2D eigenvalue weighted by Crippen LogP contribution is -2.29. The van der Waals surface area contributed by atoms with Gasteiger partial charge in [-0.05, 0) is 84.3 Å². The molecule has 1 fully saturated rings. The first-order valence-electron chi connectivity index (χ1n) is 14.3. The molecule has 7 nitrogen and oxygen atoms in total. The number of aryl methyl sites for hydroxylation is 1. The molecule has 2 heterocycles. The fourth-order valence-electron chi connectivity index (χ4n) is 5.28. The number of amides is 1. The minimum atomic E-state index is -0.847. The van der Waals surface area contributed by atoms with Gasteiger partial charge in [-0.1, -0.05) is 60.2 Å². The van der Waals surface area contributed by atoms with Crippen molar-refractivity contribution in [2.75, 3.05) is 0 Å². The Hall–Kier alpha value is -5.69. The highest BCUT2D eigenvalue weighted by atomic mass is 16.5. The number of hydrogen-bond acceptors (Lipinski definition) is 6. The average Bonchev–Trinajstić information content (AvgIpc) is 3.30. The number of carbonyl (C=O) groups excluding carboxylic acids is 2. The van der Waals surface area contributed by atoms with Gasteiger partial charge >= 0.3 is 0 Å². The molecule has 1 aliphatic rings. The third-order valence-electron chi connectivity index (χ3n) is 7.41. The zero-order valence-electron chi connectivity index (χ0n) is 24.1. The van der Waals surface area contributed by atoms with E-state index in [1.807, 2.05) is 61.5 Å². The fraction of sp³-hybridized carbons (Fsp3) is 0.108. The summed E-state index contributed by atoms with van der Waals surface area (Å²) in [7, 11) is 0. The molecular weight excluding hydrogens is 552 g/mol. The van der Waals surface area contributed by atoms with Crippen molar-refractivity contribution in [3.63, 3.8) is 0 Å². The summed E-state index contributed by atoms with van der Waals surface area (Å²) in [5.41, 5.74) is 4.04. The fourth-order valence-corrected chi connectivity index (χ4v) is 5.28. The Morgan fingerprint density at radius 3 is 2.25 bits per heavy atom. The van der Waals surface area contributed by atoms with Gasteiger partial charge in [0.25, 0.3) is 11.7 Å². The number of ether oxygens (including phenoxy) is 2. The van der Waals surface area contributed by atoms with Gasteiger partial charge in [0.15, 0.2) is 0 Å². The summed E-state index contributed by atoms with van der Waals surface area (Å²) >= 11 is 0. The first-order valence-corrected chi connectivity index (χ1v) is 14.3. The van der Waals surface area contributed by atoms with E-state index in [-0.39, 0.29) is 17.9 Å². The number of ketones is 1. The van der Waals surface area contributed by atoms with E-state index in [0.717, 1.165) is 16.7 Å². The molecule has 0 radical (unpaired) electrons. The van der Waals surface area contributed by atoms with Crippen LogP contribution in [0.2, 0.25) is 0 Å². The van der Waals surface area contributed by atoms with Gasteiger partial charge in [-0.2, -0.15) is 0 Å². The van der Waals surface area contributed by atoms with Crippen molar-refractivity contribution in [2.24, 2.45) is 0 Å². The molecule has 5 aromatic rings. The predicted octanol–water partition coefficient (Wildman–Crippen LogP) is 7.38. The molecule has 1 atom stereocenters. The van der Waals surface area contributed by atoms with Crippen LogP contribution in [-0.4, -0.2) is 26.7 Å². The van der Waals surface area contributed by atoms with Gasteiger partial charge in [0.2, 0.25) is 0 Å². The van der Waals surface area contributed by atoms with Crippen LogP contribution >= 0.6 is 0 Å². The van der Waals surface area contributed by atoms with E-state index in [4.69, 9.17) is 9.47 Å². The maximum absolute atomic E-state index is 13.6. The van der Waals surface area contributed by atoms with Crippen molar-refractivity contribution in [1.82, 2.24) is 9.88 Å². The van der Waals surface area contributed by atoms with Crippen LogP contribution in [0.1, 0.15) is 33.9 Å². The highest BCUT2D eigenvalue weighted by molar-refractivity contribution is 6.46. The lowest BCUT2D eigenvalue weighted by atomic mass is 9.95. The van der Waals surface area contributed by atoms with Crippen molar-refractivity contribution in [3.8, 4) is 17.2 Å². The van der Waals surface area contributed by atoms with E-state index in [1.54, 1.807) is 67.0 Å². The number of aliphatic hydroxyl groups is 1. The van der Waals surface area contributed by atoms with Crippen LogP contribution in [-0.2, 0) is 22.7 Å². The van der Waals surface area contributed by atoms with Gasteiger partial charge in [0.05, 0.1) is 11.6 Å². The van der Waals surface area contributed by atoms with Crippen molar-refractivity contribution in [2.45, 2.75) is 26.1 Å². The van der Waals surface area contributed by atoms with E-state index < -0.39 is 17.7 Å². The summed E-state index contributed by atoms with van der Waals surface area (Å²) in [6.07, 6.45) is 3.27. The molecule has 1 N–H and O–H groups in total. The second kappa shape index (κ2) is 12.7. The molecule has 4 aromatic carbocycles. The summed E-state index contributed by atoms with van der Waals surface area (Å²) < 4.78 is 12.0. The van der Waals surface area contributed by atoms with E-state index in [2.05, 4.69) is 11.1 Å².